The van der Waals surface area contributed by atoms with Gasteiger partial charge in [-0.15, -0.1) is 0 Å². The van der Waals surface area contributed by atoms with Crippen molar-refractivity contribution >= 4 is 37.7 Å². The number of hydrogen-bond acceptors (Lipinski definition) is 2. The van der Waals surface area contributed by atoms with Crippen LogP contribution in [0.1, 0.15) is 0 Å². The van der Waals surface area contributed by atoms with Gasteiger partial charge in [0.1, 0.15) is 0 Å². The Hall–Kier alpha value is 1.78. The fourth-order valence-electron chi connectivity index (χ4n) is 0. The van der Waals surface area contributed by atoms with Gasteiger partial charge in [0.15, 0.2) is 0 Å². The Morgan fingerprint density at radius 2 is 0.750 bits per heavy atom. The molecule has 0 aliphatic carbocycles. The van der Waals surface area contributed by atoms with E-state index >= 15 is 0 Å². The van der Waals surface area contributed by atoms with Crippen LogP contribution in [0.5, 0.6) is 0 Å². The topological polar surface area (TPSA) is 60.0 Å². The summed E-state index contributed by atoms with van der Waals surface area (Å²) in [5, 5.41) is 0. The van der Waals surface area contributed by atoms with E-state index in [-0.39, 0.29) is 67.6 Å². The Bertz CT molecular complexity index is 6.00. The van der Waals surface area contributed by atoms with E-state index in [0.29, 0.717) is 0 Å². The van der Waals surface area contributed by atoms with Gasteiger partial charge in [0.05, 0.1) is 0 Å². The Balaban J connectivity index is 0. The minimum absolute atomic E-state index is 0. The SMILES string of the molecule is [Ca+2].[Li+].[OH-].[OH-]. The quantitative estimate of drug-likeness (QED) is 0.281. The van der Waals surface area contributed by atoms with Crippen LogP contribution >= 0.6 is 0 Å². The largest absolute Gasteiger partial charge is 2.00 e. The maximum absolute atomic E-state index is 0. The summed E-state index contributed by atoms with van der Waals surface area (Å²) in [6.45, 7) is 0. The molecule has 0 amide bonds. The maximum Gasteiger partial charge on any atom is 2.00 e. The minimum Gasteiger partial charge on any atom is -0.870 e. The first-order valence-electron chi connectivity index (χ1n) is 0. The van der Waals surface area contributed by atoms with Gasteiger partial charge in [-0.1, -0.05) is 0 Å². The van der Waals surface area contributed by atoms with Gasteiger partial charge in [0.2, 0.25) is 0 Å². The summed E-state index contributed by atoms with van der Waals surface area (Å²) >= 11 is 0. The van der Waals surface area contributed by atoms with Crippen molar-refractivity contribution in [1.29, 1.82) is 0 Å². The summed E-state index contributed by atoms with van der Waals surface area (Å²) in [6.07, 6.45) is 0. The van der Waals surface area contributed by atoms with E-state index < -0.39 is 0 Å². The van der Waals surface area contributed by atoms with E-state index in [1.54, 1.807) is 0 Å². The molecule has 0 radical (unpaired) electrons. The van der Waals surface area contributed by atoms with Gasteiger partial charge >= 0.3 is 56.6 Å². The zero-order valence-electron chi connectivity index (χ0n) is 2.60. The zero-order valence-corrected chi connectivity index (χ0v) is 4.81. The second-order valence-electron chi connectivity index (χ2n) is 0. The van der Waals surface area contributed by atoms with E-state index in [1.165, 1.54) is 0 Å². The molecule has 0 aliphatic heterocycles. The molecule has 0 heterocycles. The molecule has 0 spiro atoms. The standard InChI is InChI=1S/Ca.Li.2H2O/h;;2*1H2/q+2;+1;;/p-2. The van der Waals surface area contributed by atoms with Crippen molar-refractivity contribution in [1.82, 2.24) is 0 Å². The molecule has 0 saturated carbocycles. The summed E-state index contributed by atoms with van der Waals surface area (Å²) in [5.74, 6) is 0. The molecule has 0 aromatic rings. The van der Waals surface area contributed by atoms with E-state index in [1.807, 2.05) is 0 Å². The summed E-state index contributed by atoms with van der Waals surface area (Å²) in [6, 6.07) is 0. The molecule has 0 atom stereocenters. The Morgan fingerprint density at radius 1 is 0.750 bits per heavy atom. The van der Waals surface area contributed by atoms with Crippen molar-refractivity contribution in [3.63, 3.8) is 0 Å². The number of rotatable bonds is 0. The first-order chi connectivity index (χ1) is 0. The normalized spacial score (nSPS) is 0. The van der Waals surface area contributed by atoms with Gasteiger partial charge < -0.3 is 11.0 Å². The average molecular weight is 81.0 g/mol. The van der Waals surface area contributed by atoms with Gasteiger partial charge in [0, 0.05) is 0 Å². The molecule has 0 rings (SSSR count). The molecule has 0 aliphatic rings. The van der Waals surface area contributed by atoms with Crippen LogP contribution in [0.25, 0.3) is 0 Å². The molecule has 0 aromatic carbocycles. The second kappa shape index (κ2) is 21.6. The summed E-state index contributed by atoms with van der Waals surface area (Å²) in [4.78, 5) is 0. The zero-order chi connectivity index (χ0) is 0. The van der Waals surface area contributed by atoms with E-state index in [2.05, 4.69) is 0 Å². The molecule has 4 heavy (non-hydrogen) atoms. The molecule has 16 valence electrons. The third kappa shape index (κ3) is 9.22. The maximum atomic E-state index is 0. The van der Waals surface area contributed by atoms with Gasteiger partial charge in [0.25, 0.3) is 0 Å². The molecule has 0 saturated heterocycles. The average Bonchev–Trinajstić information content (AvgIpc) is 0. The van der Waals surface area contributed by atoms with Crippen molar-refractivity contribution in [2.45, 2.75) is 0 Å². The van der Waals surface area contributed by atoms with E-state index in [4.69, 9.17) is 0 Å². The molecule has 2 nitrogen and oxygen atoms in total. The first-order valence-corrected chi connectivity index (χ1v) is 0. The molecule has 0 aromatic heterocycles. The predicted octanol–water partition coefficient (Wildman–Crippen LogP) is -3.73. The van der Waals surface area contributed by atoms with Gasteiger partial charge in [-0.25, -0.2) is 0 Å². The predicted molar refractivity (Wildman–Crippen MR) is 9.63 cm³/mol. The van der Waals surface area contributed by atoms with Crippen LogP contribution in [0.2, 0.25) is 0 Å². The van der Waals surface area contributed by atoms with Crippen molar-refractivity contribution in [3.8, 4) is 0 Å². The van der Waals surface area contributed by atoms with E-state index in [0.717, 1.165) is 0 Å². The van der Waals surface area contributed by atoms with Crippen LogP contribution in [-0.4, -0.2) is 48.7 Å². The summed E-state index contributed by atoms with van der Waals surface area (Å²) in [5.41, 5.74) is 0. The Morgan fingerprint density at radius 3 is 0.750 bits per heavy atom. The van der Waals surface area contributed by atoms with Crippen LogP contribution in [0.4, 0.5) is 0 Å². The summed E-state index contributed by atoms with van der Waals surface area (Å²) < 4.78 is 0. The minimum atomic E-state index is 0. The Labute approximate surface area is 66.7 Å². The fraction of sp³-hybridized carbons (Fsp3) is 0. The van der Waals surface area contributed by atoms with Crippen molar-refractivity contribution in [2.75, 3.05) is 0 Å². The van der Waals surface area contributed by atoms with Crippen molar-refractivity contribution < 1.29 is 29.8 Å². The van der Waals surface area contributed by atoms with Gasteiger partial charge in [-0.3, -0.25) is 0 Å². The van der Waals surface area contributed by atoms with E-state index in [9.17, 15) is 0 Å². The summed E-state index contributed by atoms with van der Waals surface area (Å²) in [7, 11) is 0. The Kier molecular flexibility index (Phi) is 225. The number of hydrogen-bond donors (Lipinski definition) is 0. The van der Waals surface area contributed by atoms with Crippen LogP contribution in [0, 0.1) is 0 Å². The fourth-order valence-corrected chi connectivity index (χ4v) is 0. The molecular formula is H2CaLiO2+. The molecule has 0 bridgehead atoms. The van der Waals surface area contributed by atoms with Crippen molar-refractivity contribution in [3.05, 3.63) is 0 Å². The van der Waals surface area contributed by atoms with Gasteiger partial charge in [-0.2, -0.15) is 0 Å². The van der Waals surface area contributed by atoms with Crippen LogP contribution in [0.15, 0.2) is 0 Å². The third-order valence-electron chi connectivity index (χ3n) is 0. The third-order valence-corrected chi connectivity index (χ3v) is 0. The van der Waals surface area contributed by atoms with Crippen molar-refractivity contribution in [2.24, 2.45) is 0 Å². The molecule has 0 unspecified atom stereocenters. The molecule has 0 fully saturated rings. The van der Waals surface area contributed by atoms with Crippen LogP contribution in [-0.2, 0) is 0 Å². The smallest absolute Gasteiger partial charge is 0.870 e. The molecule has 2 N–H and O–H groups in total. The van der Waals surface area contributed by atoms with Crippen LogP contribution in [0.3, 0.4) is 0 Å². The monoisotopic (exact) mass is 81.0 g/mol. The van der Waals surface area contributed by atoms with Crippen LogP contribution < -0.4 is 18.9 Å². The molecular weight excluding hydrogens is 79.0 g/mol. The molecule has 4 heteroatoms. The first kappa shape index (κ1) is 41.7. The van der Waals surface area contributed by atoms with Gasteiger partial charge in [-0.05, 0) is 0 Å². The second-order valence-corrected chi connectivity index (χ2v) is 0.